The van der Waals surface area contributed by atoms with Crippen molar-refractivity contribution < 1.29 is 115 Å². The maximum Gasteiger partial charge on any atom is 0.358 e. The zero-order valence-electron chi connectivity index (χ0n) is 35.2. The molecule has 0 radical (unpaired) electrons. The van der Waals surface area contributed by atoms with Gasteiger partial charge >= 0.3 is 23.9 Å². The summed E-state index contributed by atoms with van der Waals surface area (Å²) in [5, 5.41) is 1.12. The largest absolute Gasteiger partial charge is 0.445 e. The maximum absolute atomic E-state index is 12.1. The van der Waals surface area contributed by atoms with E-state index in [1.165, 1.54) is 0 Å². The van der Waals surface area contributed by atoms with Gasteiger partial charge in [-0.3, -0.25) is 38.4 Å². The van der Waals surface area contributed by atoms with Gasteiger partial charge < -0.3 is 57.1 Å². The molecule has 27 nitrogen and oxygen atoms in total. The van der Waals surface area contributed by atoms with Gasteiger partial charge in [-0.1, -0.05) is 0 Å². The smallest absolute Gasteiger partial charge is 0.358 e. The zero-order valence-corrected chi connectivity index (χ0v) is 35.2. The van der Waals surface area contributed by atoms with Crippen molar-refractivity contribution >= 4 is 70.9 Å². The number of hydrogen-bond acceptors (Lipinski definition) is 24. The lowest BCUT2D eigenvalue weighted by Gasteiger charge is -2.33. The fourth-order valence-electron chi connectivity index (χ4n) is 5.84. The molecule has 0 aromatic rings. The Hall–Kier alpha value is -5.68. The molecule has 0 aromatic heterocycles. The topological polar surface area (TPSA) is 325 Å². The Morgan fingerprint density at radius 1 is 0.369 bits per heavy atom. The molecule has 0 N–H and O–H groups in total. The van der Waals surface area contributed by atoms with Crippen LogP contribution in [0.25, 0.3) is 0 Å². The van der Waals surface area contributed by atoms with Crippen molar-refractivity contribution in [2.24, 2.45) is 5.41 Å². The number of amides is 6. The van der Waals surface area contributed by atoms with E-state index in [9.17, 15) is 57.5 Å². The lowest BCUT2D eigenvalue weighted by atomic mass is 9.92. The summed E-state index contributed by atoms with van der Waals surface area (Å²) in [6.07, 6.45) is -2.02. The monoisotopic (exact) mass is 931 g/mol. The van der Waals surface area contributed by atoms with Gasteiger partial charge in [-0.05, 0) is 0 Å². The second-order valence-corrected chi connectivity index (χ2v) is 14.4. The Labute approximate surface area is 369 Å². The van der Waals surface area contributed by atoms with E-state index in [0.29, 0.717) is 15.2 Å². The second-order valence-electron chi connectivity index (χ2n) is 14.4. The third-order valence-corrected chi connectivity index (χ3v) is 9.05. The second kappa shape index (κ2) is 27.0. The molecular weight excluding hydrogens is 882 g/mol. The van der Waals surface area contributed by atoms with Gasteiger partial charge in [-0.25, -0.2) is 19.2 Å². The highest BCUT2D eigenvalue weighted by Gasteiger charge is 2.38. The first-order chi connectivity index (χ1) is 31.2. The normalized spacial score (nSPS) is 17.0. The van der Waals surface area contributed by atoms with Crippen molar-refractivity contribution in [2.45, 2.75) is 57.5 Å². The third kappa shape index (κ3) is 17.7. The minimum absolute atomic E-state index is 0.0169. The number of ketones is 2. The van der Waals surface area contributed by atoms with Gasteiger partial charge in [0.2, 0.25) is 6.10 Å². The summed E-state index contributed by atoms with van der Waals surface area (Å²) < 4.78 is 49.3. The number of ether oxygens (including phenoxy) is 9. The molecule has 6 amide bonds. The highest BCUT2D eigenvalue weighted by Crippen LogP contribution is 2.22. The van der Waals surface area contributed by atoms with E-state index < -0.39 is 109 Å². The standard InChI is InChI=1S/C38H49N3O24/c42-25-1-2-26(43)37(25)62-33(50)17-54-9-13-58-21-38(22-59-14-10-55-18-34(51)63-39-27(44)3-4-28(39)45,23-60-15-11-56-19-35(52)64-40-29(46)5-6-30(40)47)24-61-16-12-57-20-36(53)65-41-31(48)7-8-32(41)49/h37H,1-24H2. The summed E-state index contributed by atoms with van der Waals surface area (Å²) in [6.45, 7) is -4.36. The van der Waals surface area contributed by atoms with Crippen LogP contribution in [0.5, 0.6) is 0 Å². The summed E-state index contributed by atoms with van der Waals surface area (Å²) >= 11 is 0. The van der Waals surface area contributed by atoms with Crippen molar-refractivity contribution in [1.82, 2.24) is 15.2 Å². The summed E-state index contributed by atoms with van der Waals surface area (Å²) in [4.78, 5) is 157. The van der Waals surface area contributed by atoms with Crippen LogP contribution in [0.3, 0.4) is 0 Å². The zero-order chi connectivity index (χ0) is 47.2. The fourth-order valence-corrected chi connectivity index (χ4v) is 5.84. The van der Waals surface area contributed by atoms with E-state index in [1.807, 2.05) is 0 Å². The Morgan fingerprint density at radius 3 is 0.892 bits per heavy atom. The van der Waals surface area contributed by atoms with Gasteiger partial charge in [0.15, 0.2) is 11.6 Å². The molecule has 27 heteroatoms. The predicted octanol–water partition coefficient (Wildman–Crippen LogP) is -3.23. The summed E-state index contributed by atoms with van der Waals surface area (Å²) in [5.41, 5.74) is -1.18. The van der Waals surface area contributed by atoms with E-state index in [1.54, 1.807) is 0 Å². The summed E-state index contributed by atoms with van der Waals surface area (Å²) in [5.74, 6) is -8.93. The van der Waals surface area contributed by atoms with Crippen molar-refractivity contribution in [3.05, 3.63) is 0 Å². The van der Waals surface area contributed by atoms with Gasteiger partial charge in [0, 0.05) is 51.4 Å². The molecule has 65 heavy (non-hydrogen) atoms. The molecule has 0 atom stereocenters. The number of nitrogens with zero attached hydrogens (tertiary/aromatic N) is 3. The molecule has 0 spiro atoms. The summed E-state index contributed by atoms with van der Waals surface area (Å²) in [7, 11) is 0. The highest BCUT2D eigenvalue weighted by molar-refractivity contribution is 6.12. The molecule has 0 bridgehead atoms. The number of esters is 1. The maximum atomic E-state index is 12.1. The number of hydroxylamine groups is 6. The van der Waals surface area contributed by atoms with Crippen LogP contribution in [0.4, 0.5) is 0 Å². The third-order valence-electron chi connectivity index (χ3n) is 9.05. The van der Waals surface area contributed by atoms with E-state index in [4.69, 9.17) is 57.1 Å². The molecule has 0 aromatic carbocycles. The Morgan fingerprint density at radius 2 is 0.615 bits per heavy atom. The van der Waals surface area contributed by atoms with Crippen LogP contribution in [-0.2, 0) is 115 Å². The van der Waals surface area contributed by atoms with Crippen molar-refractivity contribution in [1.29, 1.82) is 0 Å². The van der Waals surface area contributed by atoms with Crippen LogP contribution in [0, 0.1) is 5.41 Å². The van der Waals surface area contributed by atoms with E-state index in [2.05, 4.69) is 0 Å². The van der Waals surface area contributed by atoms with Crippen LogP contribution in [0.2, 0.25) is 0 Å². The molecule has 1 saturated carbocycles. The van der Waals surface area contributed by atoms with Crippen molar-refractivity contribution in [2.75, 3.05) is 106 Å². The number of Topliss-reactive ketones (excluding diaryl/α,β-unsaturated/α-hetero) is 2. The van der Waals surface area contributed by atoms with Crippen molar-refractivity contribution in [3.63, 3.8) is 0 Å². The number of carbonyl (C=O) groups is 12. The number of rotatable bonds is 32. The van der Waals surface area contributed by atoms with E-state index in [0.717, 1.165) is 0 Å². The number of hydrogen-bond donors (Lipinski definition) is 0. The average Bonchev–Trinajstić information content (AvgIpc) is 3.98. The summed E-state index contributed by atoms with van der Waals surface area (Å²) in [6, 6.07) is 0. The Kier molecular flexibility index (Phi) is 21.5. The molecule has 3 saturated heterocycles. The lowest BCUT2D eigenvalue weighted by molar-refractivity contribution is -0.200. The molecular formula is C38H49N3O24. The first kappa shape index (κ1) is 51.9. The highest BCUT2D eigenvalue weighted by atomic mass is 16.7. The van der Waals surface area contributed by atoms with Crippen LogP contribution in [0.1, 0.15) is 51.4 Å². The molecule has 3 aliphatic heterocycles. The van der Waals surface area contributed by atoms with Crippen LogP contribution in [0.15, 0.2) is 0 Å². The number of carbonyl (C=O) groups excluding carboxylic acids is 12. The molecule has 4 aliphatic rings. The molecule has 4 fully saturated rings. The van der Waals surface area contributed by atoms with Crippen LogP contribution < -0.4 is 0 Å². The van der Waals surface area contributed by atoms with Gasteiger partial charge in [-0.15, -0.1) is 15.2 Å². The molecule has 4 rings (SSSR count). The van der Waals surface area contributed by atoms with E-state index in [-0.39, 0.29) is 131 Å². The number of imide groups is 3. The molecule has 0 unspecified atom stereocenters. The molecule has 360 valence electrons. The van der Waals surface area contributed by atoms with Gasteiger partial charge in [0.1, 0.15) is 26.4 Å². The quantitative estimate of drug-likeness (QED) is 0.0277. The van der Waals surface area contributed by atoms with Crippen LogP contribution in [-0.4, -0.2) is 198 Å². The SMILES string of the molecule is O=C(COCCOCC(COCCOCC(=O)ON1C(=O)CCC1=O)(COCCOCC(=O)ON1C(=O)CCC1=O)COCCOCC(=O)ON1C(=O)CCC1=O)OC1C(=O)CCC1=O. The minimum Gasteiger partial charge on any atom is -0.445 e. The Balaban J connectivity index is 1.29. The van der Waals surface area contributed by atoms with Gasteiger partial charge in [-0.2, -0.15) is 0 Å². The van der Waals surface area contributed by atoms with Crippen molar-refractivity contribution in [3.8, 4) is 0 Å². The molecule has 1 aliphatic carbocycles. The Bertz CT molecular complexity index is 1470. The van der Waals surface area contributed by atoms with Gasteiger partial charge in [0.25, 0.3) is 35.4 Å². The van der Waals surface area contributed by atoms with E-state index >= 15 is 0 Å². The van der Waals surface area contributed by atoms with Gasteiger partial charge in [0.05, 0.1) is 84.7 Å². The first-order valence-electron chi connectivity index (χ1n) is 20.2. The fraction of sp³-hybridized carbons (Fsp3) is 0.684. The molecule has 3 heterocycles. The van der Waals surface area contributed by atoms with Crippen LogP contribution >= 0.6 is 0 Å². The lowest BCUT2D eigenvalue weighted by Crippen LogP contribution is -2.43. The first-order valence-corrected chi connectivity index (χ1v) is 20.2. The minimum atomic E-state index is -1.45. The predicted molar refractivity (Wildman–Crippen MR) is 200 cm³/mol. The average molecular weight is 932 g/mol.